The van der Waals surface area contributed by atoms with Crippen LogP contribution in [0.4, 0.5) is 0 Å². The first-order chi connectivity index (χ1) is 10.7. The van der Waals surface area contributed by atoms with Gasteiger partial charge in [-0.25, -0.2) is 0 Å². The Bertz CT molecular complexity index is 597. The van der Waals surface area contributed by atoms with E-state index >= 15 is 0 Å². The van der Waals surface area contributed by atoms with E-state index in [1.54, 1.807) is 26.0 Å². The molecule has 0 radical (unpaired) electrons. The number of nitrogens with one attached hydrogen (secondary N) is 3. The first-order valence-corrected chi connectivity index (χ1v) is 7.78. The topological polar surface area (TPSA) is 79.5 Å². The Labute approximate surface area is 145 Å². The Morgan fingerprint density at radius 3 is 2.30 bits per heavy atom. The average molecular weight is 358 g/mol. The summed E-state index contributed by atoms with van der Waals surface area (Å²) in [5.74, 6) is -0.322. The van der Waals surface area contributed by atoms with Gasteiger partial charge in [-0.2, -0.15) is 0 Å². The molecule has 126 valence electrons. The number of carbonyl (C=O) groups is 2. The summed E-state index contributed by atoms with van der Waals surface area (Å²) in [6, 6.07) is 3.51. The number of rotatable bonds is 4. The van der Waals surface area contributed by atoms with Crippen molar-refractivity contribution < 1.29 is 14.3 Å². The van der Waals surface area contributed by atoms with Crippen LogP contribution in [0.25, 0.3) is 0 Å². The first-order valence-electron chi connectivity index (χ1n) is 7.00. The van der Waals surface area contributed by atoms with Crippen molar-refractivity contribution in [2.45, 2.75) is 27.7 Å². The maximum Gasteiger partial charge on any atom is 0.276 e. The van der Waals surface area contributed by atoms with Crippen molar-refractivity contribution in [1.82, 2.24) is 16.2 Å². The molecule has 0 aliphatic carbocycles. The predicted octanol–water partition coefficient (Wildman–Crippen LogP) is 2.01. The Morgan fingerprint density at radius 1 is 1.22 bits per heavy atom. The fourth-order valence-electron chi connectivity index (χ4n) is 1.59. The number of benzene rings is 1. The lowest BCUT2D eigenvalue weighted by molar-refractivity contribution is -0.124. The normalized spacial score (nSPS) is 10.2. The molecule has 8 heteroatoms. The third kappa shape index (κ3) is 6.42. The van der Waals surface area contributed by atoms with Crippen LogP contribution in [0.15, 0.2) is 12.1 Å². The van der Waals surface area contributed by atoms with Crippen LogP contribution in [0.5, 0.6) is 5.75 Å². The van der Waals surface area contributed by atoms with Gasteiger partial charge in [-0.05, 0) is 49.3 Å². The van der Waals surface area contributed by atoms with Crippen molar-refractivity contribution in [3.05, 3.63) is 28.3 Å². The highest BCUT2D eigenvalue weighted by Crippen LogP contribution is 2.25. The second-order valence-electron chi connectivity index (χ2n) is 5.31. The van der Waals surface area contributed by atoms with Crippen LogP contribution in [0.2, 0.25) is 5.02 Å². The number of halogens is 1. The molecule has 1 rings (SSSR count). The third-order valence-corrected chi connectivity index (χ3v) is 3.66. The Morgan fingerprint density at radius 2 is 1.78 bits per heavy atom. The Balaban J connectivity index is 2.40. The lowest BCUT2D eigenvalue weighted by Gasteiger charge is -2.13. The predicted molar refractivity (Wildman–Crippen MR) is 93.3 cm³/mol. The molecular weight excluding hydrogens is 338 g/mol. The molecule has 0 spiro atoms. The SMILES string of the molecule is Cc1cc(OCC(=O)NNC(=S)NC(=O)C(C)C)cc(C)c1Cl. The van der Waals surface area contributed by atoms with E-state index in [2.05, 4.69) is 16.2 Å². The maximum atomic E-state index is 11.7. The molecule has 0 unspecified atom stereocenters. The van der Waals surface area contributed by atoms with Crippen molar-refractivity contribution in [2.24, 2.45) is 5.92 Å². The van der Waals surface area contributed by atoms with Gasteiger partial charge in [-0.15, -0.1) is 0 Å². The summed E-state index contributed by atoms with van der Waals surface area (Å²) in [5, 5.41) is 3.14. The van der Waals surface area contributed by atoms with Crippen LogP contribution in [-0.2, 0) is 9.59 Å². The zero-order chi connectivity index (χ0) is 17.6. The quantitative estimate of drug-likeness (QED) is 0.567. The van der Waals surface area contributed by atoms with Gasteiger partial charge in [-0.1, -0.05) is 25.4 Å². The third-order valence-electron chi connectivity index (χ3n) is 2.86. The minimum atomic E-state index is -0.434. The van der Waals surface area contributed by atoms with Crippen molar-refractivity contribution in [3.63, 3.8) is 0 Å². The van der Waals surface area contributed by atoms with Gasteiger partial charge in [0.2, 0.25) is 5.91 Å². The number of hydrogen-bond acceptors (Lipinski definition) is 4. The minimum absolute atomic E-state index is 0.0234. The van der Waals surface area contributed by atoms with Crippen LogP contribution >= 0.6 is 23.8 Å². The Hall–Kier alpha value is -1.86. The van der Waals surface area contributed by atoms with Crippen molar-refractivity contribution in [1.29, 1.82) is 0 Å². The summed E-state index contributed by atoms with van der Waals surface area (Å²) < 4.78 is 5.39. The van der Waals surface area contributed by atoms with Crippen molar-refractivity contribution >= 4 is 40.7 Å². The van der Waals surface area contributed by atoms with Crippen molar-refractivity contribution in [2.75, 3.05) is 6.61 Å². The summed E-state index contributed by atoms with van der Waals surface area (Å²) in [7, 11) is 0. The van der Waals surface area contributed by atoms with Gasteiger partial charge in [-0.3, -0.25) is 20.4 Å². The van der Waals surface area contributed by atoms with Crippen LogP contribution in [-0.4, -0.2) is 23.5 Å². The standard InChI is InChI=1S/C15H20ClN3O3S/c1-8(2)14(21)17-15(23)19-18-12(20)7-22-11-5-9(3)13(16)10(4)6-11/h5-6,8H,7H2,1-4H3,(H,18,20)(H2,17,19,21,23). The summed E-state index contributed by atoms with van der Waals surface area (Å²) in [5.41, 5.74) is 6.52. The molecule has 23 heavy (non-hydrogen) atoms. The molecule has 0 aliphatic heterocycles. The number of carbonyl (C=O) groups excluding carboxylic acids is 2. The largest absolute Gasteiger partial charge is 0.484 e. The van der Waals surface area contributed by atoms with Gasteiger partial charge in [0.25, 0.3) is 5.91 Å². The summed E-state index contributed by atoms with van der Waals surface area (Å²) >= 11 is 10.9. The van der Waals surface area contributed by atoms with Crippen LogP contribution in [0.1, 0.15) is 25.0 Å². The van der Waals surface area contributed by atoms with E-state index < -0.39 is 5.91 Å². The van der Waals surface area contributed by atoms with E-state index in [1.807, 2.05) is 13.8 Å². The highest BCUT2D eigenvalue weighted by atomic mass is 35.5. The molecule has 6 nitrogen and oxygen atoms in total. The van der Waals surface area contributed by atoms with E-state index in [-0.39, 0.29) is 23.5 Å². The molecular formula is C15H20ClN3O3S. The van der Waals surface area contributed by atoms with Gasteiger partial charge < -0.3 is 10.1 Å². The zero-order valence-corrected chi connectivity index (χ0v) is 15.0. The zero-order valence-electron chi connectivity index (χ0n) is 13.5. The molecule has 1 aromatic rings. The van der Waals surface area contributed by atoms with Gasteiger partial charge in [0.05, 0.1) is 0 Å². The van der Waals surface area contributed by atoms with Crippen LogP contribution < -0.4 is 20.9 Å². The molecule has 0 atom stereocenters. The number of ether oxygens (including phenoxy) is 1. The lowest BCUT2D eigenvalue weighted by Crippen LogP contribution is -2.50. The van der Waals surface area contributed by atoms with Crippen LogP contribution in [0.3, 0.4) is 0 Å². The van der Waals surface area contributed by atoms with Crippen molar-refractivity contribution in [3.8, 4) is 5.75 Å². The molecule has 0 bridgehead atoms. The number of hydrogen-bond donors (Lipinski definition) is 3. The molecule has 0 aliphatic rings. The van der Waals surface area contributed by atoms with Crippen LogP contribution in [0, 0.1) is 19.8 Å². The summed E-state index contributed by atoms with van der Waals surface area (Å²) in [6.45, 7) is 6.99. The first kappa shape index (κ1) is 19.2. The molecule has 3 N–H and O–H groups in total. The molecule has 0 heterocycles. The number of hydrazine groups is 1. The molecule has 1 aromatic carbocycles. The molecule has 0 fully saturated rings. The molecule has 0 saturated heterocycles. The summed E-state index contributed by atoms with van der Waals surface area (Å²) in [4.78, 5) is 23.1. The Kier molecular flexibility index (Phi) is 7.25. The number of thiocarbonyl (C=S) groups is 1. The smallest absolute Gasteiger partial charge is 0.276 e. The lowest BCUT2D eigenvalue weighted by atomic mass is 10.1. The van der Waals surface area contributed by atoms with E-state index in [1.165, 1.54) is 0 Å². The molecule has 2 amide bonds. The van der Waals surface area contributed by atoms with Gasteiger partial charge >= 0.3 is 0 Å². The van der Waals surface area contributed by atoms with E-state index in [9.17, 15) is 9.59 Å². The number of amides is 2. The fourth-order valence-corrected chi connectivity index (χ4v) is 1.85. The number of aryl methyl sites for hydroxylation is 2. The highest BCUT2D eigenvalue weighted by molar-refractivity contribution is 7.80. The second kappa shape index (κ2) is 8.69. The summed E-state index contributed by atoms with van der Waals surface area (Å²) in [6.07, 6.45) is 0. The van der Waals surface area contributed by atoms with Gasteiger partial charge in [0.15, 0.2) is 11.7 Å². The van der Waals surface area contributed by atoms with Gasteiger partial charge in [0, 0.05) is 10.9 Å². The van der Waals surface area contributed by atoms with E-state index in [0.29, 0.717) is 10.8 Å². The van der Waals surface area contributed by atoms with Gasteiger partial charge in [0.1, 0.15) is 5.75 Å². The van der Waals surface area contributed by atoms with E-state index in [4.69, 9.17) is 28.6 Å². The highest BCUT2D eigenvalue weighted by Gasteiger charge is 2.10. The molecule has 0 saturated carbocycles. The second-order valence-corrected chi connectivity index (χ2v) is 6.09. The fraction of sp³-hybridized carbons (Fsp3) is 0.400. The minimum Gasteiger partial charge on any atom is -0.484 e. The maximum absolute atomic E-state index is 11.7. The van der Waals surface area contributed by atoms with E-state index in [0.717, 1.165) is 11.1 Å². The molecule has 0 aromatic heterocycles. The monoisotopic (exact) mass is 357 g/mol. The average Bonchev–Trinajstić information content (AvgIpc) is 2.48.